The minimum atomic E-state index is -1.11. The van der Waals surface area contributed by atoms with Gasteiger partial charge in [-0.2, -0.15) is 0 Å². The quantitative estimate of drug-likeness (QED) is 0.589. The van der Waals surface area contributed by atoms with Gasteiger partial charge in [0, 0.05) is 4.90 Å². The highest BCUT2D eigenvalue weighted by molar-refractivity contribution is 7.85. The van der Waals surface area contributed by atoms with Gasteiger partial charge in [-0.15, -0.1) is 0 Å². The molecule has 3 rings (SSSR count). The largest absolute Gasteiger partial charge is 0.283 e. The minimum Gasteiger partial charge on any atom is -0.283 e. The van der Waals surface area contributed by atoms with Crippen LogP contribution in [-0.2, 0) is 17.3 Å². The maximum absolute atomic E-state index is 12.8. The van der Waals surface area contributed by atoms with Gasteiger partial charge in [-0.25, -0.2) is 0 Å². The van der Waals surface area contributed by atoms with Crippen LogP contribution in [0.25, 0.3) is 0 Å². The number of hydrogen-bond donors (Lipinski definition) is 0. The van der Waals surface area contributed by atoms with E-state index in [4.69, 9.17) is 4.99 Å². The number of benzene rings is 3. The van der Waals surface area contributed by atoms with E-state index >= 15 is 0 Å². The number of hydrogen-bond acceptors (Lipinski definition) is 2. The van der Waals surface area contributed by atoms with Crippen LogP contribution in [0.15, 0.2) is 94.8 Å². The van der Waals surface area contributed by atoms with Crippen molar-refractivity contribution in [3.8, 4) is 0 Å². The van der Waals surface area contributed by atoms with Gasteiger partial charge in [0.25, 0.3) is 0 Å². The second-order valence-corrected chi connectivity index (χ2v) is 7.37. The third-order valence-corrected chi connectivity index (χ3v) is 5.29. The summed E-state index contributed by atoms with van der Waals surface area (Å²) in [6.45, 7) is 2.62. The lowest BCUT2D eigenvalue weighted by Crippen LogP contribution is -2.13. The molecule has 0 radical (unpaired) electrons. The molecule has 25 heavy (non-hydrogen) atoms. The maximum atomic E-state index is 12.8. The average Bonchev–Trinajstić information content (AvgIpc) is 2.67. The van der Waals surface area contributed by atoms with Crippen molar-refractivity contribution in [2.24, 2.45) is 4.99 Å². The molecule has 0 N–H and O–H groups in total. The molecule has 3 aromatic rings. The molecule has 0 aromatic heterocycles. The second-order valence-electron chi connectivity index (χ2n) is 5.92. The van der Waals surface area contributed by atoms with Crippen LogP contribution >= 0.6 is 0 Å². The van der Waals surface area contributed by atoms with E-state index in [1.54, 1.807) is 0 Å². The van der Waals surface area contributed by atoms with Crippen LogP contribution in [0.2, 0.25) is 0 Å². The molecule has 0 aliphatic rings. The van der Waals surface area contributed by atoms with E-state index in [0.29, 0.717) is 12.3 Å². The van der Waals surface area contributed by atoms with Crippen molar-refractivity contribution in [3.63, 3.8) is 0 Å². The molecule has 2 nitrogen and oxygen atoms in total. The lowest BCUT2D eigenvalue weighted by molar-refractivity contribution is 0.685. The predicted octanol–water partition coefficient (Wildman–Crippen LogP) is 4.79. The summed E-state index contributed by atoms with van der Waals surface area (Å²) in [7, 11) is -1.11. The van der Waals surface area contributed by atoms with Gasteiger partial charge >= 0.3 is 0 Å². The Labute approximate surface area is 151 Å². The van der Waals surface area contributed by atoms with E-state index in [9.17, 15) is 4.21 Å². The molecule has 3 aromatic carbocycles. The molecule has 0 spiro atoms. The van der Waals surface area contributed by atoms with Gasteiger partial charge in [0.15, 0.2) is 0 Å². The van der Waals surface area contributed by atoms with Gasteiger partial charge in [0.1, 0.15) is 0 Å². The Morgan fingerprint density at radius 1 is 0.840 bits per heavy atom. The van der Waals surface area contributed by atoms with Gasteiger partial charge in [-0.3, -0.25) is 9.20 Å². The lowest BCUT2D eigenvalue weighted by atomic mass is 10.1. The Hall–Kier alpha value is -2.52. The standard InChI is InChI=1S/C22H21NOS/c1-18-12-14-21(15-13-18)25(24)17-22(20-10-6-3-7-11-20)23-16-19-8-4-2-5-9-19/h2-15H,16-17H2,1H3/t25-/m1/s1. The SMILES string of the molecule is Cc1ccc([S@](=O)CC(=NCc2ccccc2)c2ccccc2)cc1. The molecule has 0 aliphatic carbocycles. The molecule has 126 valence electrons. The average molecular weight is 347 g/mol. The van der Waals surface area contributed by atoms with Crippen molar-refractivity contribution in [2.45, 2.75) is 18.4 Å². The third-order valence-electron chi connectivity index (χ3n) is 3.95. The predicted molar refractivity (Wildman–Crippen MR) is 106 cm³/mol. The molecular formula is C22H21NOS. The maximum Gasteiger partial charge on any atom is 0.0707 e. The number of nitrogens with zero attached hydrogens (tertiary/aromatic N) is 1. The lowest BCUT2D eigenvalue weighted by Gasteiger charge is -2.08. The van der Waals surface area contributed by atoms with Gasteiger partial charge in [-0.05, 0) is 30.2 Å². The summed E-state index contributed by atoms with van der Waals surface area (Å²) in [5.41, 5.74) is 4.22. The van der Waals surface area contributed by atoms with Crippen molar-refractivity contribution < 1.29 is 4.21 Å². The molecule has 0 aliphatic heterocycles. The van der Waals surface area contributed by atoms with Gasteiger partial charge in [0.05, 0.1) is 28.8 Å². The third kappa shape index (κ3) is 4.97. The molecule has 0 heterocycles. The molecule has 0 bridgehead atoms. The molecule has 0 saturated heterocycles. The van der Waals surface area contributed by atoms with Crippen molar-refractivity contribution in [1.29, 1.82) is 0 Å². The van der Waals surface area contributed by atoms with Crippen molar-refractivity contribution >= 4 is 16.5 Å². The Kier molecular flexibility index (Phi) is 5.91. The summed E-state index contributed by atoms with van der Waals surface area (Å²) in [6.07, 6.45) is 0. The zero-order valence-electron chi connectivity index (χ0n) is 14.3. The zero-order valence-corrected chi connectivity index (χ0v) is 15.1. The highest BCUT2D eigenvalue weighted by Crippen LogP contribution is 2.12. The van der Waals surface area contributed by atoms with E-state index in [1.165, 1.54) is 5.56 Å². The minimum absolute atomic E-state index is 0.417. The molecule has 0 saturated carbocycles. The number of rotatable bonds is 6. The summed E-state index contributed by atoms with van der Waals surface area (Å²) in [6, 6.07) is 28.0. The first kappa shape index (κ1) is 17.3. The van der Waals surface area contributed by atoms with Crippen LogP contribution in [0, 0.1) is 6.92 Å². The Morgan fingerprint density at radius 3 is 2.08 bits per heavy atom. The summed E-state index contributed by atoms with van der Waals surface area (Å²) in [5.74, 6) is 0.417. The van der Waals surface area contributed by atoms with E-state index in [1.807, 2.05) is 79.7 Å². The molecule has 3 heteroatoms. The van der Waals surface area contributed by atoms with Crippen LogP contribution < -0.4 is 0 Å². The van der Waals surface area contributed by atoms with Gasteiger partial charge < -0.3 is 0 Å². The fraction of sp³-hybridized carbons (Fsp3) is 0.136. The number of aliphatic imine (C=N–C) groups is 1. The van der Waals surface area contributed by atoms with Crippen LogP contribution in [0.4, 0.5) is 0 Å². The van der Waals surface area contributed by atoms with E-state index in [0.717, 1.165) is 21.7 Å². The van der Waals surface area contributed by atoms with Crippen molar-refractivity contribution in [2.75, 3.05) is 5.75 Å². The molecular weight excluding hydrogens is 326 g/mol. The molecule has 0 amide bonds. The normalized spacial score (nSPS) is 12.8. The van der Waals surface area contributed by atoms with Crippen LogP contribution in [-0.4, -0.2) is 15.7 Å². The fourth-order valence-electron chi connectivity index (χ4n) is 2.52. The Balaban J connectivity index is 1.83. The number of aryl methyl sites for hydroxylation is 1. The summed E-state index contributed by atoms with van der Waals surface area (Å²) < 4.78 is 12.8. The summed E-state index contributed by atoms with van der Waals surface area (Å²) in [4.78, 5) is 5.61. The first-order chi connectivity index (χ1) is 12.2. The Morgan fingerprint density at radius 2 is 1.44 bits per heavy atom. The molecule has 0 fully saturated rings. The van der Waals surface area contributed by atoms with Crippen LogP contribution in [0.1, 0.15) is 16.7 Å². The molecule has 0 unspecified atom stereocenters. The topological polar surface area (TPSA) is 29.4 Å². The van der Waals surface area contributed by atoms with E-state index in [-0.39, 0.29) is 0 Å². The highest BCUT2D eigenvalue weighted by Gasteiger charge is 2.10. The van der Waals surface area contributed by atoms with Gasteiger partial charge in [0.2, 0.25) is 0 Å². The summed E-state index contributed by atoms with van der Waals surface area (Å²) >= 11 is 0. The summed E-state index contributed by atoms with van der Waals surface area (Å²) in [5, 5.41) is 0. The smallest absolute Gasteiger partial charge is 0.0707 e. The monoisotopic (exact) mass is 347 g/mol. The second kappa shape index (κ2) is 8.54. The van der Waals surface area contributed by atoms with Crippen molar-refractivity contribution in [1.82, 2.24) is 0 Å². The van der Waals surface area contributed by atoms with Gasteiger partial charge in [-0.1, -0.05) is 78.4 Å². The Bertz CT molecular complexity index is 856. The van der Waals surface area contributed by atoms with Crippen LogP contribution in [0.3, 0.4) is 0 Å². The fourth-order valence-corrected chi connectivity index (χ4v) is 3.63. The zero-order chi connectivity index (χ0) is 17.5. The first-order valence-electron chi connectivity index (χ1n) is 8.30. The van der Waals surface area contributed by atoms with E-state index in [2.05, 4.69) is 12.1 Å². The highest BCUT2D eigenvalue weighted by atomic mass is 32.2. The van der Waals surface area contributed by atoms with Crippen molar-refractivity contribution in [3.05, 3.63) is 102 Å². The van der Waals surface area contributed by atoms with E-state index < -0.39 is 10.8 Å². The molecule has 1 atom stereocenters. The van der Waals surface area contributed by atoms with Crippen LogP contribution in [0.5, 0.6) is 0 Å². The first-order valence-corrected chi connectivity index (χ1v) is 9.62.